The largest absolute Gasteiger partial charge is 0.325 e. The van der Waals surface area contributed by atoms with Crippen LogP contribution in [0.25, 0.3) is 12.2 Å². The Morgan fingerprint density at radius 1 is 0.521 bits per heavy atom. The summed E-state index contributed by atoms with van der Waals surface area (Å²) in [4.78, 5) is 25.7. The lowest BCUT2D eigenvalue weighted by atomic mass is 10.1. The van der Waals surface area contributed by atoms with Crippen molar-refractivity contribution in [1.29, 1.82) is 0 Å². The third-order valence-electron chi connectivity index (χ3n) is 8.69. The van der Waals surface area contributed by atoms with Crippen LogP contribution in [0.4, 0.5) is 11.4 Å². The number of benzene rings is 4. The standard InChI is InChI=1S/C42H52N4O2/c1-7-9-29-45(3,4)31-35-13-21-37(22-14-35)41(47)43-39-25-17-33(18-26-39)11-12-34-19-27-40(28-20-34)44-42(48)38-23-15-36(16-24-38)32-46(5,6)30-10-8-2/h11-28H,7-10,29-32H2,1-6H3/p+2. The van der Waals surface area contributed by atoms with E-state index in [0.29, 0.717) is 11.1 Å². The first-order valence-electron chi connectivity index (χ1n) is 17.3. The van der Waals surface area contributed by atoms with Gasteiger partial charge in [-0.05, 0) is 72.5 Å². The van der Waals surface area contributed by atoms with Crippen molar-refractivity contribution in [3.8, 4) is 0 Å². The Balaban J connectivity index is 1.25. The quantitative estimate of drug-likeness (QED) is 0.0943. The van der Waals surface area contributed by atoms with E-state index in [4.69, 9.17) is 0 Å². The molecular weight excluding hydrogens is 592 g/mol. The Bertz CT molecular complexity index is 1510. The minimum absolute atomic E-state index is 0.116. The van der Waals surface area contributed by atoms with Crippen molar-refractivity contribution in [3.05, 3.63) is 130 Å². The predicted octanol–water partition coefficient (Wildman–Crippen LogP) is 9.11. The van der Waals surface area contributed by atoms with Crippen LogP contribution in [0.15, 0.2) is 97.1 Å². The molecule has 0 saturated carbocycles. The molecule has 0 fully saturated rings. The number of hydrogen-bond donors (Lipinski definition) is 2. The van der Waals surface area contributed by atoms with Gasteiger partial charge in [0, 0.05) is 33.6 Å². The van der Waals surface area contributed by atoms with E-state index in [9.17, 15) is 9.59 Å². The number of hydrogen-bond acceptors (Lipinski definition) is 2. The maximum absolute atomic E-state index is 12.9. The molecule has 0 saturated heterocycles. The summed E-state index contributed by atoms with van der Waals surface area (Å²) in [5, 5.41) is 6.01. The summed E-state index contributed by atoms with van der Waals surface area (Å²) in [6.45, 7) is 8.62. The van der Waals surface area contributed by atoms with Crippen molar-refractivity contribution >= 4 is 35.3 Å². The van der Waals surface area contributed by atoms with Gasteiger partial charge in [0.1, 0.15) is 13.1 Å². The average molecular weight is 647 g/mol. The minimum atomic E-state index is -0.116. The zero-order valence-corrected chi connectivity index (χ0v) is 29.8. The van der Waals surface area contributed by atoms with Crippen LogP contribution in [0.3, 0.4) is 0 Å². The summed E-state index contributed by atoms with van der Waals surface area (Å²) < 4.78 is 1.88. The molecule has 2 amide bonds. The zero-order chi connectivity index (χ0) is 34.6. The number of nitrogens with one attached hydrogen (secondary N) is 2. The van der Waals surface area contributed by atoms with E-state index in [2.05, 4.69) is 76.9 Å². The lowest BCUT2D eigenvalue weighted by Gasteiger charge is -2.29. The smallest absolute Gasteiger partial charge is 0.255 e. The highest BCUT2D eigenvalue weighted by Crippen LogP contribution is 2.18. The molecule has 4 aromatic rings. The highest BCUT2D eigenvalue weighted by molar-refractivity contribution is 6.05. The van der Waals surface area contributed by atoms with Crippen molar-refractivity contribution in [2.45, 2.75) is 52.6 Å². The first-order valence-corrected chi connectivity index (χ1v) is 17.3. The predicted molar refractivity (Wildman–Crippen MR) is 202 cm³/mol. The number of unbranched alkanes of at least 4 members (excludes halogenated alkanes) is 2. The highest BCUT2D eigenvalue weighted by Gasteiger charge is 2.17. The molecular formula is C42H54N4O2+2. The Kier molecular flexibility index (Phi) is 12.9. The van der Waals surface area contributed by atoms with Crippen molar-refractivity contribution < 1.29 is 18.6 Å². The van der Waals surface area contributed by atoms with Crippen molar-refractivity contribution in [3.63, 3.8) is 0 Å². The third kappa shape index (κ3) is 11.6. The van der Waals surface area contributed by atoms with Crippen LogP contribution in [0.1, 0.15) is 82.5 Å². The molecule has 0 heterocycles. The number of carbonyl (C=O) groups excluding carboxylic acids is 2. The second-order valence-corrected chi connectivity index (χ2v) is 14.2. The number of rotatable bonds is 16. The summed E-state index contributed by atoms with van der Waals surface area (Å²) in [6.07, 6.45) is 8.88. The van der Waals surface area contributed by atoms with Gasteiger partial charge >= 0.3 is 0 Å². The first kappa shape index (κ1) is 36.3. The number of nitrogens with zero attached hydrogens (tertiary/aromatic N) is 2. The Hall–Kier alpha value is -4.52. The molecule has 4 aromatic carbocycles. The van der Waals surface area contributed by atoms with E-state index < -0.39 is 0 Å². The van der Waals surface area contributed by atoms with Crippen LogP contribution < -0.4 is 10.6 Å². The Morgan fingerprint density at radius 2 is 0.854 bits per heavy atom. The molecule has 0 aliphatic heterocycles. The Labute approximate surface area is 288 Å². The second kappa shape index (κ2) is 17.0. The van der Waals surface area contributed by atoms with Gasteiger partial charge in [0.2, 0.25) is 0 Å². The summed E-state index contributed by atoms with van der Waals surface area (Å²) in [5.74, 6) is -0.232. The fourth-order valence-corrected chi connectivity index (χ4v) is 5.80. The SMILES string of the molecule is CCCC[N+](C)(C)Cc1ccc(C(=O)Nc2ccc(C=Cc3ccc(NC(=O)c4ccc(C[N+](C)(C)CCCC)cc4)cc3)cc2)cc1. The average Bonchev–Trinajstić information content (AvgIpc) is 3.07. The molecule has 252 valence electrons. The fraction of sp³-hybridized carbons (Fsp3) is 0.333. The topological polar surface area (TPSA) is 58.2 Å². The summed E-state index contributed by atoms with van der Waals surface area (Å²) in [6, 6.07) is 31.5. The second-order valence-electron chi connectivity index (χ2n) is 14.2. The molecule has 0 atom stereocenters. The van der Waals surface area contributed by atoms with Crippen molar-refractivity contribution in [2.24, 2.45) is 0 Å². The van der Waals surface area contributed by atoms with E-state index in [1.54, 1.807) is 0 Å². The molecule has 0 spiro atoms. The highest BCUT2D eigenvalue weighted by atomic mass is 16.2. The summed E-state index contributed by atoms with van der Waals surface area (Å²) in [5.41, 5.74) is 7.32. The van der Waals surface area contributed by atoms with Gasteiger partial charge in [0.15, 0.2) is 0 Å². The summed E-state index contributed by atoms with van der Waals surface area (Å²) in [7, 11) is 9.01. The molecule has 0 aliphatic rings. The summed E-state index contributed by atoms with van der Waals surface area (Å²) >= 11 is 0. The van der Waals surface area contributed by atoms with E-state index in [-0.39, 0.29) is 11.8 Å². The molecule has 6 nitrogen and oxygen atoms in total. The van der Waals surface area contributed by atoms with E-state index in [1.807, 2.05) is 84.9 Å². The molecule has 6 heteroatoms. The molecule has 2 N–H and O–H groups in total. The number of amides is 2. The van der Waals surface area contributed by atoms with Crippen LogP contribution in [-0.4, -0.2) is 62.1 Å². The number of quaternary nitrogens is 2. The Morgan fingerprint density at radius 3 is 1.17 bits per heavy atom. The van der Waals surface area contributed by atoms with Crippen LogP contribution in [0.2, 0.25) is 0 Å². The molecule has 0 unspecified atom stereocenters. The molecule has 48 heavy (non-hydrogen) atoms. The van der Waals surface area contributed by atoms with Gasteiger partial charge < -0.3 is 19.6 Å². The van der Waals surface area contributed by atoms with Crippen LogP contribution >= 0.6 is 0 Å². The molecule has 0 bridgehead atoms. The monoisotopic (exact) mass is 646 g/mol. The lowest BCUT2D eigenvalue weighted by molar-refractivity contribution is -0.903. The van der Waals surface area contributed by atoms with Crippen molar-refractivity contribution in [1.82, 2.24) is 0 Å². The number of carbonyl (C=O) groups is 2. The fourth-order valence-electron chi connectivity index (χ4n) is 5.80. The van der Waals surface area contributed by atoms with Gasteiger partial charge in [-0.3, -0.25) is 9.59 Å². The third-order valence-corrected chi connectivity index (χ3v) is 8.69. The molecule has 0 radical (unpaired) electrons. The van der Waals surface area contributed by atoms with Gasteiger partial charge in [0.25, 0.3) is 11.8 Å². The minimum Gasteiger partial charge on any atom is -0.325 e. The zero-order valence-electron chi connectivity index (χ0n) is 29.8. The first-order chi connectivity index (χ1) is 22.9. The van der Waals surface area contributed by atoms with Gasteiger partial charge in [0.05, 0.1) is 41.3 Å². The number of anilines is 2. The van der Waals surface area contributed by atoms with Crippen molar-refractivity contribution in [2.75, 3.05) is 51.9 Å². The van der Waals surface area contributed by atoms with Gasteiger partial charge in [-0.2, -0.15) is 0 Å². The van der Waals surface area contributed by atoms with Gasteiger partial charge in [-0.15, -0.1) is 0 Å². The maximum atomic E-state index is 12.9. The molecule has 0 aliphatic carbocycles. The molecule has 4 rings (SSSR count). The maximum Gasteiger partial charge on any atom is 0.255 e. The normalized spacial score (nSPS) is 11.9. The van der Waals surface area contributed by atoms with E-state index in [0.717, 1.165) is 57.6 Å². The van der Waals surface area contributed by atoms with Crippen LogP contribution in [0, 0.1) is 0 Å². The molecule has 0 aromatic heterocycles. The van der Waals surface area contributed by atoms with Gasteiger partial charge in [-0.25, -0.2) is 0 Å². The van der Waals surface area contributed by atoms with Crippen LogP contribution in [-0.2, 0) is 13.1 Å². The van der Waals surface area contributed by atoms with E-state index in [1.165, 1.54) is 36.8 Å². The van der Waals surface area contributed by atoms with E-state index >= 15 is 0 Å². The lowest BCUT2D eigenvalue weighted by Crippen LogP contribution is -2.39. The van der Waals surface area contributed by atoms with Gasteiger partial charge in [-0.1, -0.05) is 87.4 Å². The van der Waals surface area contributed by atoms with Crippen LogP contribution in [0.5, 0.6) is 0 Å².